The van der Waals surface area contributed by atoms with E-state index in [9.17, 15) is 22.8 Å². The number of hydrogen-bond donors (Lipinski definition) is 3. The summed E-state index contributed by atoms with van der Waals surface area (Å²) in [6.07, 6.45) is -0.0159. The second-order valence-corrected chi connectivity index (χ2v) is 9.84. The minimum Gasteiger partial charge on any atom is -0.492 e. The first kappa shape index (κ1) is 26.8. The number of rotatable bonds is 12. The maximum absolute atomic E-state index is 12.8. The number of fused-ring (bicyclic) bond motifs is 1. The van der Waals surface area contributed by atoms with Crippen molar-refractivity contribution in [3.8, 4) is 5.75 Å². The fourth-order valence-electron chi connectivity index (χ4n) is 3.67. The van der Waals surface area contributed by atoms with Gasteiger partial charge in [-0.25, -0.2) is 18.1 Å². The molecule has 0 unspecified atom stereocenters. The van der Waals surface area contributed by atoms with E-state index in [0.29, 0.717) is 12.0 Å². The van der Waals surface area contributed by atoms with Crippen LogP contribution in [0.3, 0.4) is 0 Å². The number of carboxylic acids is 1. The summed E-state index contributed by atoms with van der Waals surface area (Å²) in [6.45, 7) is 0.131. The Hall–Kier alpha value is -3.80. The van der Waals surface area contributed by atoms with Crippen molar-refractivity contribution in [1.82, 2.24) is 15.2 Å². The molecule has 0 aromatic heterocycles. The van der Waals surface area contributed by atoms with Crippen molar-refractivity contribution >= 4 is 39.0 Å². The number of aldehydes is 1. The van der Waals surface area contributed by atoms with E-state index in [1.807, 2.05) is 30.3 Å². The van der Waals surface area contributed by atoms with E-state index >= 15 is 0 Å². The molecule has 0 fully saturated rings. The molecular formula is C25H27N3O7S. The zero-order valence-electron chi connectivity index (χ0n) is 19.8. The molecular weight excluding hydrogens is 486 g/mol. The van der Waals surface area contributed by atoms with Gasteiger partial charge in [-0.15, -0.1) is 0 Å². The SMILES string of the molecule is CN(C)NC(=O)c1ccc(CCOc2ccccc2S(=O)(=O)N[C@H](C=O)CC(=O)O)c2ccccc12. The molecule has 11 heteroatoms. The Labute approximate surface area is 208 Å². The molecule has 0 radical (unpaired) electrons. The molecule has 36 heavy (non-hydrogen) atoms. The van der Waals surface area contributed by atoms with E-state index in [2.05, 4.69) is 10.1 Å². The van der Waals surface area contributed by atoms with Gasteiger partial charge in [-0.05, 0) is 34.5 Å². The van der Waals surface area contributed by atoms with Crippen molar-refractivity contribution < 1.29 is 32.6 Å². The van der Waals surface area contributed by atoms with Gasteiger partial charge in [0, 0.05) is 26.1 Å². The Bertz CT molecular complexity index is 1370. The molecule has 3 N–H and O–H groups in total. The minimum atomic E-state index is -4.22. The number of benzene rings is 3. The maximum Gasteiger partial charge on any atom is 0.305 e. The molecule has 1 amide bonds. The number of carboxylic acid groups (broad SMARTS) is 1. The van der Waals surface area contributed by atoms with Crippen LogP contribution in [0.15, 0.2) is 65.6 Å². The standard InChI is InChI=1S/C25H27N3O7S/c1-28(2)26-25(32)21-12-11-17(19-7-3-4-8-20(19)21)13-14-35-22-9-5-6-10-23(22)36(33,34)27-18(16-29)15-24(30)31/h3-12,16,18,27H,13-15H2,1-2H3,(H,26,32)(H,30,31)/t18-/m0/s1. The van der Waals surface area contributed by atoms with E-state index in [0.717, 1.165) is 16.3 Å². The fourth-order valence-corrected chi connectivity index (χ4v) is 4.99. The van der Waals surface area contributed by atoms with E-state index in [-0.39, 0.29) is 29.4 Å². The number of hydrogen-bond acceptors (Lipinski definition) is 7. The van der Waals surface area contributed by atoms with Crippen LogP contribution in [0.25, 0.3) is 10.8 Å². The number of hydrazine groups is 1. The van der Waals surface area contributed by atoms with Crippen molar-refractivity contribution in [2.75, 3.05) is 20.7 Å². The van der Waals surface area contributed by atoms with Crippen LogP contribution in [0.1, 0.15) is 22.3 Å². The highest BCUT2D eigenvalue weighted by Crippen LogP contribution is 2.26. The molecule has 0 aliphatic rings. The Kier molecular flexibility index (Phi) is 8.75. The summed E-state index contributed by atoms with van der Waals surface area (Å²) in [6, 6.07) is 15.5. The summed E-state index contributed by atoms with van der Waals surface area (Å²) < 4.78 is 33.5. The molecule has 0 aliphatic carbocycles. The Morgan fingerprint density at radius 1 is 1.03 bits per heavy atom. The lowest BCUT2D eigenvalue weighted by molar-refractivity contribution is -0.138. The third-order valence-electron chi connectivity index (χ3n) is 5.22. The van der Waals surface area contributed by atoms with Crippen LogP contribution in [0.2, 0.25) is 0 Å². The molecule has 0 saturated carbocycles. The van der Waals surface area contributed by atoms with Crippen molar-refractivity contribution in [3.05, 3.63) is 71.8 Å². The molecule has 190 valence electrons. The van der Waals surface area contributed by atoms with Crippen LogP contribution < -0.4 is 14.9 Å². The number of nitrogens with one attached hydrogen (secondary N) is 2. The molecule has 1 atom stereocenters. The number of carbonyl (C=O) groups is 3. The summed E-state index contributed by atoms with van der Waals surface area (Å²) in [5.74, 6) is -1.48. The zero-order valence-corrected chi connectivity index (χ0v) is 20.6. The predicted octanol–water partition coefficient (Wildman–Crippen LogP) is 1.99. The average molecular weight is 514 g/mol. The molecule has 0 saturated heterocycles. The normalized spacial score (nSPS) is 12.3. The number of nitrogens with zero attached hydrogens (tertiary/aromatic N) is 1. The Morgan fingerprint density at radius 2 is 1.69 bits per heavy atom. The third-order valence-corrected chi connectivity index (χ3v) is 6.75. The first-order chi connectivity index (χ1) is 17.1. The summed E-state index contributed by atoms with van der Waals surface area (Å²) in [4.78, 5) is 34.4. The van der Waals surface area contributed by atoms with Gasteiger partial charge in [-0.3, -0.25) is 15.0 Å². The van der Waals surface area contributed by atoms with Crippen LogP contribution in [-0.4, -0.2) is 63.4 Å². The van der Waals surface area contributed by atoms with E-state index in [4.69, 9.17) is 9.84 Å². The minimum absolute atomic E-state index is 0.0660. The first-order valence-corrected chi connectivity index (χ1v) is 12.5. The number of aliphatic carboxylic acids is 1. The zero-order chi connectivity index (χ0) is 26.3. The number of carbonyl (C=O) groups excluding carboxylic acids is 2. The predicted molar refractivity (Wildman–Crippen MR) is 133 cm³/mol. The van der Waals surface area contributed by atoms with Gasteiger partial charge in [0.15, 0.2) is 0 Å². The van der Waals surface area contributed by atoms with Gasteiger partial charge in [0.25, 0.3) is 5.91 Å². The monoisotopic (exact) mass is 513 g/mol. The van der Waals surface area contributed by atoms with Crippen LogP contribution in [0.4, 0.5) is 0 Å². The van der Waals surface area contributed by atoms with Gasteiger partial charge in [0.2, 0.25) is 10.0 Å². The number of para-hydroxylation sites is 1. The highest BCUT2D eigenvalue weighted by Gasteiger charge is 2.25. The van der Waals surface area contributed by atoms with Gasteiger partial charge in [-0.2, -0.15) is 0 Å². The van der Waals surface area contributed by atoms with Crippen LogP contribution in [0, 0.1) is 0 Å². The molecule has 3 rings (SSSR count). The molecule has 0 spiro atoms. The van der Waals surface area contributed by atoms with Crippen LogP contribution in [-0.2, 0) is 26.0 Å². The topological polar surface area (TPSA) is 142 Å². The maximum atomic E-state index is 12.8. The lowest BCUT2D eigenvalue weighted by atomic mass is 9.97. The second kappa shape index (κ2) is 11.8. The molecule has 3 aromatic carbocycles. The van der Waals surface area contributed by atoms with Gasteiger partial charge >= 0.3 is 5.97 Å². The fraction of sp³-hybridized carbons (Fsp3) is 0.240. The smallest absolute Gasteiger partial charge is 0.305 e. The van der Waals surface area contributed by atoms with E-state index in [1.165, 1.54) is 18.2 Å². The summed E-state index contributed by atoms with van der Waals surface area (Å²) >= 11 is 0. The summed E-state index contributed by atoms with van der Waals surface area (Å²) in [5, 5.41) is 12.1. The molecule has 3 aromatic rings. The van der Waals surface area contributed by atoms with Crippen molar-refractivity contribution in [2.45, 2.75) is 23.8 Å². The number of amides is 1. The summed E-state index contributed by atoms with van der Waals surface area (Å²) in [5.41, 5.74) is 4.17. The lowest BCUT2D eigenvalue weighted by Crippen LogP contribution is -2.37. The highest BCUT2D eigenvalue weighted by atomic mass is 32.2. The van der Waals surface area contributed by atoms with Crippen molar-refractivity contribution in [1.29, 1.82) is 0 Å². The highest BCUT2D eigenvalue weighted by molar-refractivity contribution is 7.89. The van der Waals surface area contributed by atoms with Gasteiger partial charge in [-0.1, -0.05) is 42.5 Å². The second-order valence-electron chi connectivity index (χ2n) is 8.16. The van der Waals surface area contributed by atoms with Crippen LogP contribution >= 0.6 is 0 Å². The van der Waals surface area contributed by atoms with Gasteiger partial charge < -0.3 is 14.6 Å². The molecule has 10 nitrogen and oxygen atoms in total. The van der Waals surface area contributed by atoms with E-state index in [1.54, 1.807) is 31.2 Å². The summed E-state index contributed by atoms with van der Waals surface area (Å²) in [7, 11) is -0.767. The first-order valence-electron chi connectivity index (χ1n) is 11.0. The lowest BCUT2D eigenvalue weighted by Gasteiger charge is -2.16. The number of ether oxygens (including phenoxy) is 1. The molecule has 0 heterocycles. The average Bonchev–Trinajstić information content (AvgIpc) is 2.83. The van der Waals surface area contributed by atoms with Gasteiger partial charge in [0.1, 0.15) is 16.9 Å². The Morgan fingerprint density at radius 3 is 2.36 bits per heavy atom. The molecule has 0 aliphatic heterocycles. The largest absolute Gasteiger partial charge is 0.492 e. The number of sulfonamides is 1. The van der Waals surface area contributed by atoms with Crippen LogP contribution in [0.5, 0.6) is 5.75 Å². The third kappa shape index (κ3) is 6.66. The van der Waals surface area contributed by atoms with Crippen molar-refractivity contribution in [3.63, 3.8) is 0 Å². The molecule has 0 bridgehead atoms. The Balaban J connectivity index is 1.79. The quantitative estimate of drug-likeness (QED) is 0.247. The van der Waals surface area contributed by atoms with E-state index < -0.39 is 28.5 Å². The van der Waals surface area contributed by atoms with Crippen molar-refractivity contribution in [2.24, 2.45) is 0 Å². The van der Waals surface area contributed by atoms with Gasteiger partial charge in [0.05, 0.1) is 19.1 Å².